The summed E-state index contributed by atoms with van der Waals surface area (Å²) < 4.78 is 17.1. The Balaban J connectivity index is 2.53. The molecule has 112 valence electrons. The van der Waals surface area contributed by atoms with E-state index in [9.17, 15) is 0 Å². The molecule has 0 N–H and O–H groups in total. The fraction of sp³-hybridized carbons (Fsp3) is 0.250. The molecule has 0 heterocycles. The highest BCUT2D eigenvalue weighted by atomic mass is 79.9. The van der Waals surface area contributed by atoms with Gasteiger partial charge in [-0.15, -0.1) is 11.6 Å². The highest BCUT2D eigenvalue weighted by Crippen LogP contribution is 2.45. The van der Waals surface area contributed by atoms with Crippen LogP contribution in [0.4, 0.5) is 0 Å². The van der Waals surface area contributed by atoms with Crippen LogP contribution in [0.3, 0.4) is 0 Å². The van der Waals surface area contributed by atoms with Crippen molar-refractivity contribution in [2.24, 2.45) is 0 Å². The lowest BCUT2D eigenvalue weighted by Gasteiger charge is -2.19. The predicted octanol–water partition coefficient (Wildman–Crippen LogP) is 4.80. The van der Waals surface area contributed by atoms with Crippen LogP contribution in [0.1, 0.15) is 16.5 Å². The van der Waals surface area contributed by atoms with Crippen molar-refractivity contribution in [2.45, 2.75) is 5.38 Å². The minimum Gasteiger partial charge on any atom is -0.493 e. The minimum atomic E-state index is -0.350. The number of halogens is 2. The lowest BCUT2D eigenvalue weighted by molar-refractivity contribution is 0.322. The van der Waals surface area contributed by atoms with E-state index in [0.29, 0.717) is 17.2 Å². The summed E-state index contributed by atoms with van der Waals surface area (Å²) in [5.74, 6) is 1.73. The molecule has 2 aromatic rings. The van der Waals surface area contributed by atoms with Crippen LogP contribution in [-0.2, 0) is 0 Å². The van der Waals surface area contributed by atoms with Crippen LogP contribution < -0.4 is 14.2 Å². The highest BCUT2D eigenvalue weighted by molar-refractivity contribution is 9.10. The zero-order valence-corrected chi connectivity index (χ0v) is 14.4. The second-order valence-electron chi connectivity index (χ2n) is 4.34. The van der Waals surface area contributed by atoms with E-state index >= 15 is 0 Å². The van der Waals surface area contributed by atoms with E-state index in [2.05, 4.69) is 15.9 Å². The summed E-state index contributed by atoms with van der Waals surface area (Å²) in [5.41, 5.74) is 1.80. The maximum Gasteiger partial charge on any atom is 0.203 e. The molecule has 0 saturated carbocycles. The first kappa shape index (κ1) is 16.0. The van der Waals surface area contributed by atoms with Gasteiger partial charge in [-0.25, -0.2) is 0 Å². The molecule has 0 aliphatic heterocycles. The van der Waals surface area contributed by atoms with Gasteiger partial charge in [0, 0.05) is 10.0 Å². The molecule has 0 saturated heterocycles. The molecule has 5 heteroatoms. The largest absolute Gasteiger partial charge is 0.493 e. The molecule has 2 aromatic carbocycles. The summed E-state index contributed by atoms with van der Waals surface area (Å²) in [6, 6.07) is 11.6. The Labute approximate surface area is 137 Å². The summed E-state index contributed by atoms with van der Waals surface area (Å²) in [6.07, 6.45) is 0. The molecule has 0 spiro atoms. The summed E-state index contributed by atoms with van der Waals surface area (Å²) in [4.78, 5) is 0. The van der Waals surface area contributed by atoms with Gasteiger partial charge < -0.3 is 14.2 Å². The summed E-state index contributed by atoms with van der Waals surface area (Å²) in [7, 11) is 4.75. The highest BCUT2D eigenvalue weighted by Gasteiger charge is 2.22. The van der Waals surface area contributed by atoms with Gasteiger partial charge >= 0.3 is 0 Å². The number of rotatable bonds is 5. The standard InChI is InChI=1S/C16H16BrClO3/c1-19-13-8-7-12(15(20-2)16(13)21-3)14(18)10-5-4-6-11(17)9-10/h4-9,14H,1-3H3. The fourth-order valence-electron chi connectivity index (χ4n) is 2.17. The molecule has 0 aliphatic carbocycles. The molecule has 3 nitrogen and oxygen atoms in total. The van der Waals surface area contributed by atoms with Crippen LogP contribution in [0, 0.1) is 0 Å². The van der Waals surface area contributed by atoms with E-state index < -0.39 is 0 Å². The number of hydrogen-bond acceptors (Lipinski definition) is 3. The van der Waals surface area contributed by atoms with Crippen LogP contribution in [0.25, 0.3) is 0 Å². The number of methoxy groups -OCH3 is 3. The van der Waals surface area contributed by atoms with Crippen molar-refractivity contribution in [2.75, 3.05) is 21.3 Å². The quantitative estimate of drug-likeness (QED) is 0.706. The van der Waals surface area contributed by atoms with Crippen LogP contribution in [0.5, 0.6) is 17.2 Å². The first-order valence-corrected chi connectivity index (χ1v) is 7.53. The summed E-state index contributed by atoms with van der Waals surface area (Å²) in [6.45, 7) is 0. The molecule has 1 atom stereocenters. The van der Waals surface area contributed by atoms with Crippen LogP contribution in [0.2, 0.25) is 0 Å². The Morgan fingerprint density at radius 2 is 1.67 bits per heavy atom. The van der Waals surface area contributed by atoms with Gasteiger partial charge in [-0.1, -0.05) is 28.1 Å². The van der Waals surface area contributed by atoms with Gasteiger partial charge in [-0.3, -0.25) is 0 Å². The van der Waals surface area contributed by atoms with E-state index in [-0.39, 0.29) is 5.38 Å². The van der Waals surface area contributed by atoms with Gasteiger partial charge in [0.05, 0.1) is 26.7 Å². The lowest BCUT2D eigenvalue weighted by Crippen LogP contribution is -2.01. The van der Waals surface area contributed by atoms with E-state index in [4.69, 9.17) is 25.8 Å². The Kier molecular flexibility index (Phi) is 5.37. The van der Waals surface area contributed by atoms with E-state index in [1.807, 2.05) is 36.4 Å². The first-order chi connectivity index (χ1) is 10.1. The normalized spacial score (nSPS) is 11.9. The second-order valence-corrected chi connectivity index (χ2v) is 5.69. The summed E-state index contributed by atoms with van der Waals surface area (Å²) >= 11 is 10.1. The maximum atomic E-state index is 6.61. The van der Waals surface area contributed by atoms with Gasteiger partial charge in [-0.2, -0.15) is 0 Å². The van der Waals surface area contributed by atoms with E-state index in [1.165, 1.54) is 0 Å². The zero-order chi connectivity index (χ0) is 15.4. The summed E-state index contributed by atoms with van der Waals surface area (Å²) in [5, 5.41) is -0.350. The number of benzene rings is 2. The van der Waals surface area contributed by atoms with Crippen molar-refractivity contribution in [3.05, 3.63) is 52.0 Å². The molecule has 0 aliphatic rings. The first-order valence-electron chi connectivity index (χ1n) is 6.30. The van der Waals surface area contributed by atoms with Crippen molar-refractivity contribution >= 4 is 27.5 Å². The third-order valence-electron chi connectivity index (χ3n) is 3.15. The Morgan fingerprint density at radius 1 is 0.952 bits per heavy atom. The van der Waals surface area contributed by atoms with Gasteiger partial charge in [0.25, 0.3) is 0 Å². The van der Waals surface area contributed by atoms with Crippen molar-refractivity contribution in [3.63, 3.8) is 0 Å². The Hall–Kier alpha value is -1.39. The molecular formula is C16H16BrClO3. The maximum absolute atomic E-state index is 6.61. The number of alkyl halides is 1. The van der Waals surface area contributed by atoms with Crippen LogP contribution in [-0.4, -0.2) is 21.3 Å². The smallest absolute Gasteiger partial charge is 0.203 e. The number of hydrogen-bond donors (Lipinski definition) is 0. The molecule has 0 radical (unpaired) electrons. The second kappa shape index (κ2) is 7.05. The monoisotopic (exact) mass is 370 g/mol. The van der Waals surface area contributed by atoms with Gasteiger partial charge in [0.15, 0.2) is 11.5 Å². The number of ether oxygens (including phenoxy) is 3. The topological polar surface area (TPSA) is 27.7 Å². The average Bonchev–Trinajstić information content (AvgIpc) is 2.52. The van der Waals surface area contributed by atoms with Crippen molar-refractivity contribution in [1.82, 2.24) is 0 Å². The third kappa shape index (κ3) is 3.27. The predicted molar refractivity (Wildman–Crippen MR) is 87.9 cm³/mol. The average molecular weight is 372 g/mol. The molecule has 1 unspecified atom stereocenters. The molecule has 0 bridgehead atoms. The third-order valence-corrected chi connectivity index (χ3v) is 4.13. The zero-order valence-electron chi connectivity index (χ0n) is 12.0. The fourth-order valence-corrected chi connectivity index (χ4v) is 2.89. The molecular weight excluding hydrogens is 356 g/mol. The van der Waals surface area contributed by atoms with Crippen LogP contribution in [0.15, 0.2) is 40.9 Å². The molecule has 0 aromatic heterocycles. The molecule has 0 fully saturated rings. The molecule has 0 amide bonds. The molecule has 2 rings (SSSR count). The van der Waals surface area contributed by atoms with Gasteiger partial charge in [-0.05, 0) is 29.8 Å². The lowest BCUT2D eigenvalue weighted by atomic mass is 10.0. The van der Waals surface area contributed by atoms with Crippen molar-refractivity contribution in [1.29, 1.82) is 0 Å². The Bertz CT molecular complexity index is 631. The minimum absolute atomic E-state index is 0.350. The van der Waals surface area contributed by atoms with Gasteiger partial charge in [0.1, 0.15) is 0 Å². The van der Waals surface area contributed by atoms with Crippen LogP contribution >= 0.6 is 27.5 Å². The molecule has 21 heavy (non-hydrogen) atoms. The van der Waals surface area contributed by atoms with Crippen molar-refractivity contribution < 1.29 is 14.2 Å². The van der Waals surface area contributed by atoms with E-state index in [0.717, 1.165) is 15.6 Å². The van der Waals surface area contributed by atoms with E-state index in [1.54, 1.807) is 21.3 Å². The Morgan fingerprint density at radius 3 is 2.24 bits per heavy atom. The van der Waals surface area contributed by atoms with Gasteiger partial charge in [0.2, 0.25) is 5.75 Å². The SMILES string of the molecule is COc1ccc(C(Cl)c2cccc(Br)c2)c(OC)c1OC. The van der Waals surface area contributed by atoms with Crippen molar-refractivity contribution in [3.8, 4) is 17.2 Å².